The van der Waals surface area contributed by atoms with Crippen LogP contribution in [0.15, 0.2) is 24.3 Å². The fourth-order valence-electron chi connectivity index (χ4n) is 2.01. The van der Waals surface area contributed by atoms with Crippen LogP contribution in [0.4, 0.5) is 13.2 Å². The third-order valence-electron chi connectivity index (χ3n) is 3.25. The zero-order chi connectivity index (χ0) is 15.3. The van der Waals surface area contributed by atoms with E-state index in [1.165, 1.54) is 12.1 Å². The van der Waals surface area contributed by atoms with Gasteiger partial charge < -0.3 is 10.6 Å². The molecule has 0 heterocycles. The summed E-state index contributed by atoms with van der Waals surface area (Å²) in [5.41, 5.74) is 5.71. The number of likely N-dealkylation sites (N-methyl/N-ethyl adjacent to an activating group) is 2. The lowest BCUT2D eigenvalue weighted by molar-refractivity contribution is -0.137. The first-order chi connectivity index (χ1) is 9.25. The lowest BCUT2D eigenvalue weighted by atomic mass is 10.0. The van der Waals surface area contributed by atoms with Gasteiger partial charge in [-0.25, -0.2) is 0 Å². The van der Waals surface area contributed by atoms with E-state index in [1.807, 2.05) is 30.9 Å². The quantitative estimate of drug-likeness (QED) is 0.871. The number of alkyl halides is 3. The van der Waals surface area contributed by atoms with Crippen LogP contribution < -0.4 is 5.73 Å². The summed E-state index contributed by atoms with van der Waals surface area (Å²) in [6, 6.07) is 5.18. The van der Waals surface area contributed by atoms with Gasteiger partial charge in [0.15, 0.2) is 0 Å². The van der Waals surface area contributed by atoms with Gasteiger partial charge in [0, 0.05) is 25.7 Å². The van der Waals surface area contributed by atoms with Gasteiger partial charge in [-0.3, -0.25) is 4.90 Å². The molecule has 0 saturated heterocycles. The van der Waals surface area contributed by atoms with E-state index in [4.69, 9.17) is 5.73 Å². The molecule has 3 nitrogen and oxygen atoms in total. The van der Waals surface area contributed by atoms with E-state index >= 15 is 0 Å². The van der Waals surface area contributed by atoms with Crippen LogP contribution in [-0.2, 0) is 6.18 Å². The Morgan fingerprint density at radius 3 is 2.30 bits per heavy atom. The van der Waals surface area contributed by atoms with Crippen molar-refractivity contribution in [3.05, 3.63) is 35.4 Å². The molecule has 0 aliphatic rings. The predicted molar refractivity (Wildman–Crippen MR) is 74.4 cm³/mol. The molecule has 2 N–H and O–H groups in total. The number of nitrogens with zero attached hydrogens (tertiary/aromatic N) is 2. The van der Waals surface area contributed by atoms with Crippen molar-refractivity contribution < 1.29 is 13.2 Å². The molecule has 0 bridgehead atoms. The maximum Gasteiger partial charge on any atom is 0.416 e. The topological polar surface area (TPSA) is 32.5 Å². The molecule has 114 valence electrons. The van der Waals surface area contributed by atoms with Gasteiger partial charge in [0.2, 0.25) is 0 Å². The van der Waals surface area contributed by atoms with E-state index in [2.05, 4.69) is 0 Å². The van der Waals surface area contributed by atoms with E-state index < -0.39 is 11.7 Å². The Balaban J connectivity index is 2.89. The maximum absolute atomic E-state index is 12.7. The number of nitrogens with two attached hydrogens (primary N) is 1. The summed E-state index contributed by atoms with van der Waals surface area (Å²) in [6.07, 6.45) is -4.32. The van der Waals surface area contributed by atoms with Gasteiger partial charge in [0.25, 0.3) is 0 Å². The average Bonchev–Trinajstić information content (AvgIpc) is 2.36. The molecule has 0 spiro atoms. The smallest absolute Gasteiger partial charge is 0.329 e. The van der Waals surface area contributed by atoms with Crippen LogP contribution in [0.1, 0.15) is 17.2 Å². The van der Waals surface area contributed by atoms with E-state index in [-0.39, 0.29) is 12.6 Å². The summed E-state index contributed by atoms with van der Waals surface area (Å²) in [4.78, 5) is 4.01. The monoisotopic (exact) mass is 289 g/mol. The lowest BCUT2D eigenvalue weighted by Gasteiger charge is -2.28. The molecule has 6 heteroatoms. The minimum Gasteiger partial charge on any atom is -0.329 e. The normalized spacial score (nSPS) is 14.1. The molecule has 0 amide bonds. The van der Waals surface area contributed by atoms with Crippen LogP contribution in [0, 0.1) is 0 Å². The summed E-state index contributed by atoms with van der Waals surface area (Å²) in [7, 11) is 5.78. The number of hydrogen-bond acceptors (Lipinski definition) is 3. The minimum absolute atomic E-state index is 0.211. The predicted octanol–water partition coefficient (Wildman–Crippen LogP) is 2.20. The van der Waals surface area contributed by atoms with Crippen LogP contribution in [0.5, 0.6) is 0 Å². The standard InChI is InChI=1S/C14H22F3N3/c1-19(2)7-8-20(3)13(10-18)11-5-4-6-12(9-11)14(15,16)17/h4-6,9,13H,7-8,10,18H2,1-3H3. The zero-order valence-electron chi connectivity index (χ0n) is 12.1. The van der Waals surface area contributed by atoms with Gasteiger partial charge in [0.1, 0.15) is 0 Å². The first kappa shape index (κ1) is 16.9. The van der Waals surface area contributed by atoms with Crippen LogP contribution >= 0.6 is 0 Å². The van der Waals surface area contributed by atoms with Gasteiger partial charge in [-0.2, -0.15) is 13.2 Å². The Kier molecular flexibility index (Phi) is 5.98. The molecule has 1 unspecified atom stereocenters. The number of benzene rings is 1. The Bertz CT molecular complexity index is 418. The molecular weight excluding hydrogens is 267 g/mol. The summed E-state index contributed by atoms with van der Waals surface area (Å²) in [5.74, 6) is 0. The third-order valence-corrected chi connectivity index (χ3v) is 3.25. The highest BCUT2D eigenvalue weighted by Gasteiger charge is 2.31. The summed E-state index contributed by atoms with van der Waals surface area (Å²) >= 11 is 0. The zero-order valence-corrected chi connectivity index (χ0v) is 12.1. The van der Waals surface area contributed by atoms with Gasteiger partial charge >= 0.3 is 6.18 Å². The molecule has 1 aromatic carbocycles. The fourth-order valence-corrected chi connectivity index (χ4v) is 2.01. The summed E-state index contributed by atoms with van der Waals surface area (Å²) in [6.45, 7) is 1.85. The highest BCUT2D eigenvalue weighted by atomic mass is 19.4. The van der Waals surface area contributed by atoms with E-state index in [0.29, 0.717) is 5.56 Å². The fraction of sp³-hybridized carbons (Fsp3) is 0.571. The Hall–Kier alpha value is -1.11. The van der Waals surface area contributed by atoms with E-state index in [1.54, 1.807) is 6.07 Å². The molecular formula is C14H22F3N3. The molecule has 0 fully saturated rings. The van der Waals surface area contributed by atoms with Crippen molar-refractivity contribution in [2.24, 2.45) is 5.73 Å². The van der Waals surface area contributed by atoms with Crippen molar-refractivity contribution in [1.29, 1.82) is 0 Å². The van der Waals surface area contributed by atoms with Crippen molar-refractivity contribution in [3.8, 4) is 0 Å². The van der Waals surface area contributed by atoms with Gasteiger partial charge in [-0.1, -0.05) is 12.1 Å². The molecule has 0 aliphatic heterocycles. The van der Waals surface area contributed by atoms with Crippen LogP contribution in [0.3, 0.4) is 0 Å². The Morgan fingerprint density at radius 1 is 1.15 bits per heavy atom. The van der Waals surface area contributed by atoms with E-state index in [9.17, 15) is 13.2 Å². The minimum atomic E-state index is -4.32. The second-order valence-corrected chi connectivity index (χ2v) is 5.16. The largest absolute Gasteiger partial charge is 0.416 e. The van der Waals surface area contributed by atoms with Crippen LogP contribution in [-0.4, -0.2) is 50.6 Å². The van der Waals surface area contributed by atoms with Crippen molar-refractivity contribution in [3.63, 3.8) is 0 Å². The maximum atomic E-state index is 12.7. The van der Waals surface area contributed by atoms with Crippen LogP contribution in [0.2, 0.25) is 0 Å². The van der Waals surface area contributed by atoms with Crippen molar-refractivity contribution in [2.75, 3.05) is 40.8 Å². The highest BCUT2D eigenvalue weighted by Crippen LogP contribution is 2.31. The Morgan fingerprint density at radius 2 is 1.80 bits per heavy atom. The molecule has 1 aromatic rings. The lowest BCUT2D eigenvalue weighted by Crippen LogP contribution is -2.35. The number of rotatable bonds is 6. The first-order valence-electron chi connectivity index (χ1n) is 6.48. The summed E-state index contributed by atoms with van der Waals surface area (Å²) in [5, 5.41) is 0. The average molecular weight is 289 g/mol. The molecule has 0 saturated carbocycles. The Labute approximate surface area is 118 Å². The molecule has 1 atom stereocenters. The summed E-state index contributed by atoms with van der Waals surface area (Å²) < 4.78 is 38.2. The van der Waals surface area contributed by atoms with E-state index in [0.717, 1.165) is 19.2 Å². The number of halogens is 3. The number of hydrogen-bond donors (Lipinski definition) is 1. The first-order valence-corrected chi connectivity index (χ1v) is 6.48. The molecule has 0 aliphatic carbocycles. The molecule has 0 radical (unpaired) electrons. The van der Waals surface area contributed by atoms with Crippen molar-refractivity contribution in [1.82, 2.24) is 9.80 Å². The van der Waals surface area contributed by atoms with Crippen molar-refractivity contribution >= 4 is 0 Å². The van der Waals surface area contributed by atoms with Gasteiger partial charge in [0.05, 0.1) is 5.56 Å². The van der Waals surface area contributed by atoms with Gasteiger partial charge in [-0.05, 0) is 38.8 Å². The second kappa shape index (κ2) is 7.06. The van der Waals surface area contributed by atoms with Crippen molar-refractivity contribution in [2.45, 2.75) is 12.2 Å². The molecule has 20 heavy (non-hydrogen) atoms. The van der Waals surface area contributed by atoms with Gasteiger partial charge in [-0.15, -0.1) is 0 Å². The second-order valence-electron chi connectivity index (χ2n) is 5.16. The van der Waals surface area contributed by atoms with Crippen LogP contribution in [0.25, 0.3) is 0 Å². The molecule has 1 rings (SSSR count). The SMILES string of the molecule is CN(C)CCN(C)C(CN)c1cccc(C(F)(F)F)c1. The molecule has 0 aromatic heterocycles. The third kappa shape index (κ3) is 4.77. The highest BCUT2D eigenvalue weighted by molar-refractivity contribution is 5.28.